The number of aryl methyl sites for hydroxylation is 1. The Morgan fingerprint density at radius 1 is 0.955 bits per heavy atom. The van der Waals surface area contributed by atoms with E-state index in [2.05, 4.69) is 5.32 Å². The van der Waals surface area contributed by atoms with Gasteiger partial charge in [-0.3, -0.25) is 9.59 Å². The summed E-state index contributed by atoms with van der Waals surface area (Å²) in [6.07, 6.45) is 4.77. The molecule has 228 valence electrons. The maximum Gasteiger partial charge on any atom is 0.253 e. The Morgan fingerprint density at radius 3 is 2.20 bits per heavy atom. The molecule has 0 atom stereocenters. The van der Waals surface area contributed by atoms with Gasteiger partial charge in [0.25, 0.3) is 5.91 Å². The summed E-state index contributed by atoms with van der Waals surface area (Å²) in [6, 6.07) is 22.9. The minimum absolute atomic E-state index is 0.0354. The number of hydrogen-bond donors (Lipinski definition) is 1. The summed E-state index contributed by atoms with van der Waals surface area (Å²) in [5, 5.41) is 7.83. The van der Waals surface area contributed by atoms with Gasteiger partial charge in [0.05, 0.1) is 25.6 Å². The molecule has 0 spiro atoms. The summed E-state index contributed by atoms with van der Waals surface area (Å²) < 4.78 is 19.1. The highest BCUT2D eigenvalue weighted by molar-refractivity contribution is 6.24. The van der Waals surface area contributed by atoms with E-state index in [-0.39, 0.29) is 11.8 Å². The number of para-hydroxylation sites is 1. The van der Waals surface area contributed by atoms with Crippen molar-refractivity contribution in [3.63, 3.8) is 0 Å². The van der Waals surface area contributed by atoms with Gasteiger partial charge in [-0.1, -0.05) is 30.3 Å². The number of aromatic nitrogens is 2. The van der Waals surface area contributed by atoms with Crippen LogP contribution in [0.4, 0.5) is 0 Å². The molecule has 3 aromatic carbocycles. The van der Waals surface area contributed by atoms with Crippen LogP contribution in [0.15, 0.2) is 72.8 Å². The van der Waals surface area contributed by atoms with Crippen LogP contribution in [-0.4, -0.2) is 60.9 Å². The molecule has 9 heteroatoms. The van der Waals surface area contributed by atoms with Crippen LogP contribution in [0, 0.1) is 6.92 Å². The van der Waals surface area contributed by atoms with E-state index < -0.39 is 0 Å². The lowest BCUT2D eigenvalue weighted by molar-refractivity contribution is -0.122. The predicted octanol–water partition coefficient (Wildman–Crippen LogP) is 5.83. The van der Waals surface area contributed by atoms with Crippen LogP contribution in [-0.2, 0) is 16.0 Å². The van der Waals surface area contributed by atoms with Crippen molar-refractivity contribution >= 4 is 23.5 Å². The number of nitrogens with zero attached hydrogens (tertiary/aromatic N) is 3. The Morgan fingerprint density at radius 2 is 1.61 bits per heavy atom. The number of carbonyl (C=O) groups excluding carboxylic acids is 2. The second-order valence-electron chi connectivity index (χ2n) is 11.0. The highest BCUT2D eigenvalue weighted by Crippen LogP contribution is 2.33. The Hall–Kier alpha value is -5.05. The first-order chi connectivity index (χ1) is 21.2. The summed E-state index contributed by atoms with van der Waals surface area (Å²) in [7, 11) is 6.62. The largest absolute Gasteiger partial charge is 0.497 e. The maximum atomic E-state index is 13.3. The van der Waals surface area contributed by atoms with E-state index >= 15 is 0 Å². The van der Waals surface area contributed by atoms with Gasteiger partial charge in [0.2, 0.25) is 11.8 Å². The quantitative estimate of drug-likeness (QED) is 0.164. The fraction of sp³-hybridized carbons (Fsp3) is 0.286. The molecule has 0 unspecified atom stereocenters. The summed E-state index contributed by atoms with van der Waals surface area (Å²) in [5.74, 6) is 2.28. The van der Waals surface area contributed by atoms with Gasteiger partial charge in [-0.15, -0.1) is 0 Å². The summed E-state index contributed by atoms with van der Waals surface area (Å²) in [4.78, 5) is 27.3. The molecular formula is C35H38N4O5. The molecule has 9 nitrogen and oxygen atoms in total. The average molecular weight is 595 g/mol. The molecule has 1 fully saturated rings. The molecule has 0 radical (unpaired) electrons. The number of likely N-dealkylation sites (N-methyl/N-ethyl adjacent to an activating group) is 1. The Labute approximate surface area is 258 Å². The number of ether oxygens (including phenoxy) is 3. The van der Waals surface area contributed by atoms with Crippen LogP contribution in [0.25, 0.3) is 17.3 Å². The smallest absolute Gasteiger partial charge is 0.253 e. The molecule has 2 amide bonds. The predicted molar refractivity (Wildman–Crippen MR) is 170 cm³/mol. The van der Waals surface area contributed by atoms with Gasteiger partial charge in [-0.25, -0.2) is 4.68 Å². The van der Waals surface area contributed by atoms with Crippen molar-refractivity contribution < 1.29 is 23.8 Å². The Bertz CT molecular complexity index is 1630. The molecule has 1 aliphatic carbocycles. The van der Waals surface area contributed by atoms with Crippen LogP contribution in [0.1, 0.15) is 41.6 Å². The second-order valence-corrected chi connectivity index (χ2v) is 11.0. The van der Waals surface area contributed by atoms with Crippen molar-refractivity contribution in [2.75, 3.05) is 28.3 Å². The summed E-state index contributed by atoms with van der Waals surface area (Å²) in [6.45, 7) is 1.93. The van der Waals surface area contributed by atoms with Crippen molar-refractivity contribution in [2.24, 2.45) is 0 Å². The molecule has 0 aliphatic heterocycles. The zero-order chi connectivity index (χ0) is 31.2. The molecule has 1 heterocycles. The molecule has 1 aliphatic rings. The Balaban J connectivity index is 1.46. The highest BCUT2D eigenvalue weighted by Gasteiger charge is 2.25. The second kappa shape index (κ2) is 13.5. The van der Waals surface area contributed by atoms with Crippen LogP contribution >= 0.6 is 0 Å². The number of amides is 2. The van der Waals surface area contributed by atoms with E-state index in [1.165, 1.54) is 0 Å². The first-order valence-electron chi connectivity index (χ1n) is 14.6. The van der Waals surface area contributed by atoms with E-state index in [4.69, 9.17) is 19.3 Å². The molecule has 44 heavy (non-hydrogen) atoms. The summed E-state index contributed by atoms with van der Waals surface area (Å²) >= 11 is 0. The number of hydrogen-bond acceptors (Lipinski definition) is 6. The molecule has 1 saturated carbocycles. The third kappa shape index (κ3) is 7.29. The van der Waals surface area contributed by atoms with Gasteiger partial charge < -0.3 is 24.4 Å². The van der Waals surface area contributed by atoms with Crippen molar-refractivity contribution in [2.45, 2.75) is 38.6 Å². The zero-order valence-electron chi connectivity index (χ0n) is 25.8. The topological polar surface area (TPSA) is 94.9 Å². The van der Waals surface area contributed by atoms with Gasteiger partial charge >= 0.3 is 0 Å². The zero-order valence-corrected chi connectivity index (χ0v) is 25.8. The van der Waals surface area contributed by atoms with Gasteiger partial charge in [-0.2, -0.15) is 5.10 Å². The lowest BCUT2D eigenvalue weighted by atomic mass is 10.0. The van der Waals surface area contributed by atoms with E-state index in [9.17, 15) is 9.59 Å². The van der Waals surface area contributed by atoms with Crippen LogP contribution < -0.4 is 19.5 Å². The van der Waals surface area contributed by atoms with Crippen molar-refractivity contribution in [1.82, 2.24) is 20.0 Å². The number of nitrogens with one attached hydrogen (secondary N) is 1. The highest BCUT2D eigenvalue weighted by atomic mass is 16.5. The number of rotatable bonds is 12. The van der Waals surface area contributed by atoms with E-state index in [1.54, 1.807) is 44.0 Å². The lowest BCUT2D eigenvalue weighted by Crippen LogP contribution is -2.25. The fourth-order valence-corrected chi connectivity index (χ4v) is 4.84. The Kier molecular flexibility index (Phi) is 9.33. The van der Waals surface area contributed by atoms with E-state index in [0.717, 1.165) is 40.9 Å². The molecule has 0 saturated heterocycles. The van der Waals surface area contributed by atoms with Gasteiger partial charge in [0.15, 0.2) is 0 Å². The van der Waals surface area contributed by atoms with Crippen LogP contribution in [0.2, 0.25) is 0 Å². The molecule has 5 rings (SSSR count). The molecule has 1 N–H and O–H groups in total. The van der Waals surface area contributed by atoms with Gasteiger partial charge in [-0.05, 0) is 79.8 Å². The van der Waals surface area contributed by atoms with Gasteiger partial charge in [0.1, 0.15) is 17.2 Å². The minimum atomic E-state index is -0.148. The minimum Gasteiger partial charge on any atom is -0.497 e. The third-order valence-corrected chi connectivity index (χ3v) is 7.38. The number of methoxy groups -OCH3 is 2. The SMILES string of the molecule is COc1cc(C=C(C(=O)N(C)C)c2ccc(Oc3c(CCC(=O)NC4CC4)c(C)nn3-c3ccccc3)cc2)cc(OC)c1. The van der Waals surface area contributed by atoms with Crippen molar-refractivity contribution in [3.05, 3.63) is 95.2 Å². The van der Waals surface area contributed by atoms with Gasteiger partial charge in [0, 0.05) is 43.8 Å². The maximum absolute atomic E-state index is 13.3. The summed E-state index contributed by atoms with van der Waals surface area (Å²) in [5.41, 5.74) is 4.53. The lowest BCUT2D eigenvalue weighted by Gasteiger charge is -2.16. The first-order valence-corrected chi connectivity index (χ1v) is 14.6. The standard InChI is InChI=1S/C35H38N4O5/c1-23-31(17-18-33(40)36-26-13-14-26)35(39(37-23)27-9-7-6-8-10-27)44-28-15-11-25(12-16-28)32(34(41)38(2)3)21-24-19-29(42-4)22-30(20-24)43-5/h6-12,15-16,19-22,26H,13-14,17-18H2,1-5H3,(H,36,40). The van der Waals surface area contributed by atoms with Crippen molar-refractivity contribution in [3.8, 4) is 28.8 Å². The van der Waals surface area contributed by atoms with Crippen LogP contribution in [0.5, 0.6) is 23.1 Å². The monoisotopic (exact) mass is 594 g/mol. The third-order valence-electron chi connectivity index (χ3n) is 7.38. The number of benzene rings is 3. The normalized spacial score (nSPS) is 12.9. The molecule has 1 aromatic heterocycles. The first kappa shape index (κ1) is 30.4. The molecule has 4 aromatic rings. The molecule has 0 bridgehead atoms. The van der Waals surface area contributed by atoms with Crippen LogP contribution in [0.3, 0.4) is 0 Å². The van der Waals surface area contributed by atoms with Crippen molar-refractivity contribution in [1.29, 1.82) is 0 Å². The average Bonchev–Trinajstić information content (AvgIpc) is 3.80. The molecular weight excluding hydrogens is 556 g/mol. The number of carbonyl (C=O) groups is 2. The van der Waals surface area contributed by atoms with E-state index in [0.29, 0.717) is 47.6 Å². The van der Waals surface area contributed by atoms with E-state index in [1.807, 2.05) is 79.7 Å². The fourth-order valence-electron chi connectivity index (χ4n) is 4.84.